The molecule has 5 nitrogen and oxygen atoms in total. The molecule has 1 heterocycles. The second-order valence-corrected chi connectivity index (χ2v) is 4.59. The SMILES string of the molecule is CCOC(=O)c1csc(CCNCC(C)O)n1. The Morgan fingerprint density at radius 1 is 1.71 bits per heavy atom. The Morgan fingerprint density at radius 3 is 3.12 bits per heavy atom. The predicted molar refractivity (Wildman–Crippen MR) is 66.3 cm³/mol. The van der Waals surface area contributed by atoms with E-state index < -0.39 is 0 Å². The Hall–Kier alpha value is -0.980. The summed E-state index contributed by atoms with van der Waals surface area (Å²) in [6.45, 7) is 5.17. The van der Waals surface area contributed by atoms with Crippen LogP contribution in [0.3, 0.4) is 0 Å². The van der Waals surface area contributed by atoms with Crippen LogP contribution in [0.5, 0.6) is 0 Å². The van der Waals surface area contributed by atoms with Gasteiger partial charge in [-0.05, 0) is 13.8 Å². The molecule has 1 aromatic heterocycles. The smallest absolute Gasteiger partial charge is 0.357 e. The number of thiazole rings is 1. The number of nitrogens with one attached hydrogen (secondary N) is 1. The van der Waals surface area contributed by atoms with Crippen molar-refractivity contribution in [1.82, 2.24) is 10.3 Å². The fourth-order valence-corrected chi connectivity index (χ4v) is 2.00. The largest absolute Gasteiger partial charge is 0.461 e. The van der Waals surface area contributed by atoms with Crippen LogP contribution in [-0.2, 0) is 11.2 Å². The molecular formula is C11H18N2O3S. The molecule has 1 aromatic rings. The van der Waals surface area contributed by atoms with Crippen molar-refractivity contribution >= 4 is 17.3 Å². The number of hydrogen-bond donors (Lipinski definition) is 2. The molecule has 2 N–H and O–H groups in total. The van der Waals surface area contributed by atoms with Crippen LogP contribution in [0.25, 0.3) is 0 Å². The first kappa shape index (κ1) is 14.1. The third-order valence-electron chi connectivity index (χ3n) is 1.99. The van der Waals surface area contributed by atoms with Gasteiger partial charge >= 0.3 is 5.97 Å². The van der Waals surface area contributed by atoms with E-state index >= 15 is 0 Å². The molecule has 0 spiro atoms. The average molecular weight is 258 g/mol. The number of aliphatic hydroxyl groups excluding tert-OH is 1. The minimum Gasteiger partial charge on any atom is -0.461 e. The molecular weight excluding hydrogens is 240 g/mol. The average Bonchev–Trinajstić information content (AvgIpc) is 2.73. The van der Waals surface area contributed by atoms with Crippen LogP contribution in [0, 0.1) is 0 Å². The Kier molecular flexibility index (Phi) is 6.10. The summed E-state index contributed by atoms with van der Waals surface area (Å²) in [5.74, 6) is -0.369. The Balaban J connectivity index is 2.33. The molecule has 0 saturated heterocycles. The van der Waals surface area contributed by atoms with Crippen molar-refractivity contribution in [1.29, 1.82) is 0 Å². The van der Waals surface area contributed by atoms with E-state index in [1.54, 1.807) is 19.2 Å². The van der Waals surface area contributed by atoms with Crippen molar-refractivity contribution in [2.75, 3.05) is 19.7 Å². The molecule has 96 valence electrons. The highest BCUT2D eigenvalue weighted by molar-refractivity contribution is 7.09. The summed E-state index contributed by atoms with van der Waals surface area (Å²) >= 11 is 1.45. The van der Waals surface area contributed by atoms with E-state index in [0.29, 0.717) is 18.8 Å². The minimum absolute atomic E-state index is 0.346. The van der Waals surface area contributed by atoms with E-state index in [1.807, 2.05) is 0 Å². The van der Waals surface area contributed by atoms with Crippen LogP contribution in [-0.4, -0.2) is 41.9 Å². The Bertz CT molecular complexity index is 352. The number of ether oxygens (including phenoxy) is 1. The number of hydrogen-bond acceptors (Lipinski definition) is 6. The van der Waals surface area contributed by atoms with Crippen molar-refractivity contribution in [2.45, 2.75) is 26.4 Å². The van der Waals surface area contributed by atoms with E-state index in [1.165, 1.54) is 11.3 Å². The minimum atomic E-state index is -0.369. The van der Waals surface area contributed by atoms with Crippen LogP contribution in [0.4, 0.5) is 0 Å². The molecule has 0 amide bonds. The monoisotopic (exact) mass is 258 g/mol. The second-order valence-electron chi connectivity index (χ2n) is 3.65. The number of rotatable bonds is 7. The summed E-state index contributed by atoms with van der Waals surface area (Å²) in [5.41, 5.74) is 0.377. The highest BCUT2D eigenvalue weighted by atomic mass is 32.1. The Labute approximate surface area is 105 Å². The molecule has 0 aromatic carbocycles. The third kappa shape index (κ3) is 5.25. The lowest BCUT2D eigenvalue weighted by Gasteiger charge is -2.04. The van der Waals surface area contributed by atoms with E-state index in [-0.39, 0.29) is 12.1 Å². The van der Waals surface area contributed by atoms with Gasteiger partial charge in [-0.2, -0.15) is 0 Å². The summed E-state index contributed by atoms with van der Waals surface area (Å²) in [7, 11) is 0. The maximum atomic E-state index is 11.4. The molecule has 0 saturated carbocycles. The van der Waals surface area contributed by atoms with E-state index in [9.17, 15) is 4.79 Å². The van der Waals surface area contributed by atoms with Crippen LogP contribution < -0.4 is 5.32 Å². The molecule has 6 heteroatoms. The molecule has 0 aliphatic heterocycles. The van der Waals surface area contributed by atoms with Crippen molar-refractivity contribution in [2.24, 2.45) is 0 Å². The van der Waals surface area contributed by atoms with Gasteiger partial charge in [-0.3, -0.25) is 0 Å². The number of carbonyl (C=O) groups is 1. The molecule has 0 aliphatic carbocycles. The lowest BCUT2D eigenvalue weighted by molar-refractivity contribution is 0.0520. The van der Waals surface area contributed by atoms with Gasteiger partial charge in [0.15, 0.2) is 5.69 Å². The van der Waals surface area contributed by atoms with Crippen molar-refractivity contribution < 1.29 is 14.6 Å². The highest BCUT2D eigenvalue weighted by Gasteiger charge is 2.11. The van der Waals surface area contributed by atoms with Gasteiger partial charge in [-0.15, -0.1) is 11.3 Å². The molecule has 0 radical (unpaired) electrons. The summed E-state index contributed by atoms with van der Waals surface area (Å²) in [4.78, 5) is 15.5. The molecule has 0 fully saturated rings. The molecule has 1 rings (SSSR count). The van der Waals surface area contributed by atoms with Gasteiger partial charge in [-0.25, -0.2) is 9.78 Å². The first-order valence-corrected chi connectivity index (χ1v) is 6.51. The van der Waals surface area contributed by atoms with E-state index in [0.717, 1.165) is 18.0 Å². The normalized spacial score (nSPS) is 12.4. The zero-order valence-corrected chi connectivity index (χ0v) is 10.9. The van der Waals surface area contributed by atoms with E-state index in [4.69, 9.17) is 9.84 Å². The second kappa shape index (κ2) is 7.37. The van der Waals surface area contributed by atoms with Crippen molar-refractivity contribution in [3.8, 4) is 0 Å². The van der Waals surface area contributed by atoms with Crippen LogP contribution in [0.1, 0.15) is 29.3 Å². The predicted octanol–water partition coefficient (Wildman–Crippen LogP) is 0.833. The van der Waals surface area contributed by atoms with E-state index in [2.05, 4.69) is 10.3 Å². The first-order valence-electron chi connectivity index (χ1n) is 5.63. The quantitative estimate of drug-likeness (QED) is 0.560. The fourth-order valence-electron chi connectivity index (χ4n) is 1.23. The number of nitrogens with zero attached hydrogens (tertiary/aromatic N) is 1. The van der Waals surface area contributed by atoms with Crippen molar-refractivity contribution in [3.63, 3.8) is 0 Å². The summed E-state index contributed by atoms with van der Waals surface area (Å²) in [6.07, 6.45) is 0.401. The summed E-state index contributed by atoms with van der Waals surface area (Å²) < 4.78 is 4.85. The maximum Gasteiger partial charge on any atom is 0.357 e. The van der Waals surface area contributed by atoms with Gasteiger partial charge < -0.3 is 15.2 Å². The molecule has 1 unspecified atom stereocenters. The van der Waals surface area contributed by atoms with Gasteiger partial charge in [0.2, 0.25) is 0 Å². The number of aromatic nitrogens is 1. The maximum absolute atomic E-state index is 11.4. The zero-order chi connectivity index (χ0) is 12.7. The zero-order valence-electron chi connectivity index (χ0n) is 10.1. The van der Waals surface area contributed by atoms with Gasteiger partial charge in [-0.1, -0.05) is 0 Å². The lowest BCUT2D eigenvalue weighted by atomic mass is 10.4. The third-order valence-corrected chi connectivity index (χ3v) is 2.90. The number of carbonyl (C=O) groups excluding carboxylic acids is 1. The van der Waals surface area contributed by atoms with Crippen molar-refractivity contribution in [3.05, 3.63) is 16.1 Å². The highest BCUT2D eigenvalue weighted by Crippen LogP contribution is 2.11. The van der Waals surface area contributed by atoms with Gasteiger partial charge in [0.05, 0.1) is 17.7 Å². The molecule has 1 atom stereocenters. The van der Waals surface area contributed by atoms with Gasteiger partial charge in [0, 0.05) is 24.9 Å². The summed E-state index contributed by atoms with van der Waals surface area (Å²) in [6, 6.07) is 0. The fraction of sp³-hybridized carbons (Fsp3) is 0.636. The Morgan fingerprint density at radius 2 is 2.47 bits per heavy atom. The number of aliphatic hydroxyl groups is 1. The topological polar surface area (TPSA) is 71.5 Å². The first-order chi connectivity index (χ1) is 8.13. The van der Waals surface area contributed by atoms with Gasteiger partial charge in [0.25, 0.3) is 0 Å². The molecule has 0 bridgehead atoms. The van der Waals surface area contributed by atoms with Crippen LogP contribution in [0.15, 0.2) is 5.38 Å². The van der Waals surface area contributed by atoms with Crippen LogP contribution in [0.2, 0.25) is 0 Å². The molecule has 0 aliphatic rings. The number of esters is 1. The summed E-state index contributed by atoms with van der Waals surface area (Å²) in [5, 5.41) is 14.8. The lowest BCUT2D eigenvalue weighted by Crippen LogP contribution is -2.26. The standard InChI is InChI=1S/C11H18N2O3S/c1-3-16-11(15)9-7-17-10(13-9)4-5-12-6-8(2)14/h7-8,12,14H,3-6H2,1-2H3. The van der Waals surface area contributed by atoms with Gasteiger partial charge in [0.1, 0.15) is 0 Å². The molecule has 17 heavy (non-hydrogen) atoms. The van der Waals surface area contributed by atoms with Crippen LogP contribution >= 0.6 is 11.3 Å².